The van der Waals surface area contributed by atoms with Crippen LogP contribution in [-0.2, 0) is 0 Å². The van der Waals surface area contributed by atoms with Crippen molar-refractivity contribution in [1.82, 2.24) is 0 Å². The maximum atomic E-state index is 12.2. The summed E-state index contributed by atoms with van der Waals surface area (Å²) in [5.41, 5.74) is 0. The first-order valence-electron chi connectivity index (χ1n) is 5.61. The summed E-state index contributed by atoms with van der Waals surface area (Å²) < 4.78 is 13.3. The fraction of sp³-hybridized carbons (Fsp3) is 0. The molecule has 0 unspecified atom stereocenters. The summed E-state index contributed by atoms with van der Waals surface area (Å²) in [4.78, 5) is 0. The van der Waals surface area contributed by atoms with Crippen LogP contribution in [0.3, 0.4) is 0 Å². The molecular weight excluding hydrogens is 349 g/mol. The minimum Gasteiger partial charge on any atom is -0.402 e. The molecule has 24 heavy (non-hydrogen) atoms. The van der Waals surface area contributed by atoms with Crippen molar-refractivity contribution in [3.8, 4) is 0 Å². The number of rotatable bonds is 0. The second kappa shape index (κ2) is 22.9. The van der Waals surface area contributed by atoms with E-state index in [9.17, 15) is 4.39 Å². The van der Waals surface area contributed by atoms with Gasteiger partial charge in [0.05, 0.1) is 0 Å². The summed E-state index contributed by atoms with van der Waals surface area (Å²) >= 11 is 0.932. The Morgan fingerprint density at radius 2 is 0.875 bits per heavy atom. The standard InChI is InChI=1S/C6H4F.4BH3O3.Na/c7-6-4-2-1-3-5-6;4*2-1(3)4;/h1-2,4-5H;4*2-4H;. The Balaban J connectivity index is -0.000000110. The Morgan fingerprint density at radius 1 is 0.625 bits per heavy atom. The molecule has 1 aromatic rings. The molecule has 0 spiro atoms. The molecule has 0 aliphatic carbocycles. The fourth-order valence-corrected chi connectivity index (χ4v) is 1.07. The van der Waals surface area contributed by atoms with Crippen molar-refractivity contribution in [3.05, 3.63) is 30.1 Å². The van der Waals surface area contributed by atoms with E-state index < -0.39 is 29.3 Å². The Kier molecular flexibility index (Phi) is 30.3. The Bertz CT molecular complexity index is 310. The van der Waals surface area contributed by atoms with Gasteiger partial charge in [0, 0.05) is 0 Å². The first kappa shape index (κ1) is 31.7. The maximum absolute atomic E-state index is 12.2. The van der Waals surface area contributed by atoms with Crippen molar-refractivity contribution < 1.29 is 64.7 Å². The number of benzene rings is 1. The van der Waals surface area contributed by atoms with Crippen molar-refractivity contribution >= 4 is 60.0 Å². The van der Waals surface area contributed by atoms with Gasteiger partial charge in [0.25, 0.3) is 0 Å². The van der Waals surface area contributed by atoms with Crippen LogP contribution >= 0.6 is 0 Å². The zero-order valence-corrected chi connectivity index (χ0v) is 14.4. The molecule has 0 saturated carbocycles. The normalized spacial score (nSPS) is 7.62. The van der Waals surface area contributed by atoms with E-state index in [2.05, 4.69) is 0 Å². The predicted octanol–water partition coefficient (Wildman–Crippen LogP) is -7.59. The average molecular weight is 365 g/mol. The third kappa shape index (κ3) is 97.4. The summed E-state index contributed by atoms with van der Waals surface area (Å²) in [6.45, 7) is 0. The van der Waals surface area contributed by atoms with Gasteiger partial charge in [-0.05, 0) is 0 Å². The van der Waals surface area contributed by atoms with Crippen molar-refractivity contribution in [2.24, 2.45) is 0 Å². The van der Waals surface area contributed by atoms with Gasteiger partial charge in [-0.1, -0.05) is 0 Å². The van der Waals surface area contributed by atoms with E-state index >= 15 is 0 Å². The molecule has 0 fully saturated rings. The Labute approximate surface area is 154 Å². The Morgan fingerprint density at radius 3 is 1.00 bits per heavy atom. The molecule has 12 nitrogen and oxygen atoms in total. The Hall–Kier alpha value is -0.0703. The largest absolute Gasteiger partial charge is 0.631 e. The molecular formula is C6H16B4FNaO12. The summed E-state index contributed by atoms with van der Waals surface area (Å²) in [6, 6.07) is 6.68. The molecule has 1 aromatic carbocycles. The zero-order valence-electron chi connectivity index (χ0n) is 12.4. The summed E-state index contributed by atoms with van der Waals surface area (Å²) in [6.07, 6.45) is 0. The van der Waals surface area contributed by atoms with Crippen LogP contribution in [0.4, 0.5) is 4.39 Å². The SMILES string of the molecule is Fc1ccc[c]([Na])c1.OB(O)O.OB(O)O.OB(O)O.OB(O)O. The van der Waals surface area contributed by atoms with Crippen LogP contribution in [0.5, 0.6) is 0 Å². The maximum Gasteiger partial charge on any atom is 0.631 e. The molecule has 0 amide bonds. The summed E-state index contributed by atoms with van der Waals surface area (Å²) in [5.74, 6) is -0.127. The monoisotopic (exact) mass is 366 g/mol. The van der Waals surface area contributed by atoms with Crippen molar-refractivity contribution in [3.63, 3.8) is 0 Å². The molecule has 18 heteroatoms. The van der Waals surface area contributed by atoms with Crippen molar-refractivity contribution in [2.45, 2.75) is 0 Å². The summed E-state index contributed by atoms with van der Waals surface area (Å²) in [7, 11) is -8.67. The smallest absolute Gasteiger partial charge is 0.402 e. The number of halogens is 1. The van der Waals surface area contributed by atoms with Gasteiger partial charge in [-0.2, -0.15) is 0 Å². The topological polar surface area (TPSA) is 243 Å². The van der Waals surface area contributed by atoms with Gasteiger partial charge in [0.15, 0.2) is 0 Å². The average Bonchev–Trinajstić information content (AvgIpc) is 2.24. The van der Waals surface area contributed by atoms with Gasteiger partial charge in [-0.15, -0.1) is 0 Å². The van der Waals surface area contributed by atoms with Crippen LogP contribution in [0.25, 0.3) is 0 Å². The third-order valence-electron chi connectivity index (χ3n) is 0.980. The second-order valence-corrected chi connectivity index (χ2v) is 4.34. The van der Waals surface area contributed by atoms with Gasteiger partial charge >= 0.3 is 94.5 Å². The first-order chi connectivity index (χ1) is 10.7. The molecule has 0 atom stereocenters. The molecule has 0 bridgehead atoms. The van der Waals surface area contributed by atoms with Crippen LogP contribution < -0.4 is 2.81 Å². The second-order valence-electron chi connectivity index (χ2n) is 3.18. The third-order valence-corrected chi connectivity index (χ3v) is 1.60. The molecule has 0 aromatic heterocycles. The van der Waals surface area contributed by atoms with E-state index in [-0.39, 0.29) is 5.82 Å². The molecule has 1 rings (SSSR count). The molecule has 0 aliphatic rings. The molecule has 0 heterocycles. The van der Waals surface area contributed by atoms with Gasteiger partial charge in [0.2, 0.25) is 0 Å². The van der Waals surface area contributed by atoms with E-state index in [4.69, 9.17) is 60.3 Å². The quantitative estimate of drug-likeness (QED) is 0.192. The van der Waals surface area contributed by atoms with Gasteiger partial charge in [-0.25, -0.2) is 0 Å². The van der Waals surface area contributed by atoms with Crippen molar-refractivity contribution in [2.75, 3.05) is 0 Å². The molecule has 0 saturated heterocycles. The molecule has 12 N–H and O–H groups in total. The number of hydrogen-bond donors (Lipinski definition) is 12. The summed E-state index contributed by atoms with van der Waals surface area (Å²) in [5, 5.41) is 86.0. The van der Waals surface area contributed by atoms with Crippen LogP contribution in [0, 0.1) is 5.82 Å². The van der Waals surface area contributed by atoms with Crippen LogP contribution in [0.2, 0.25) is 0 Å². The minimum atomic E-state index is -2.17. The fourth-order valence-electron chi connectivity index (χ4n) is 0.606. The van der Waals surface area contributed by atoms with Crippen LogP contribution in [0.1, 0.15) is 0 Å². The molecule has 0 radical (unpaired) electrons. The first-order valence-corrected chi connectivity index (χ1v) is 6.61. The van der Waals surface area contributed by atoms with Crippen LogP contribution in [-0.4, -0.2) is 118 Å². The van der Waals surface area contributed by atoms with Crippen molar-refractivity contribution in [1.29, 1.82) is 0 Å². The minimum absolute atomic E-state index is 0.127. The van der Waals surface area contributed by atoms with E-state index in [1.54, 1.807) is 12.1 Å². The van der Waals surface area contributed by atoms with Gasteiger partial charge in [0.1, 0.15) is 0 Å². The van der Waals surface area contributed by atoms with E-state index in [0.717, 1.165) is 30.7 Å². The van der Waals surface area contributed by atoms with E-state index in [1.807, 2.05) is 6.07 Å². The zero-order chi connectivity index (χ0) is 20.3. The van der Waals surface area contributed by atoms with E-state index in [0.29, 0.717) is 0 Å². The predicted molar refractivity (Wildman–Crippen MR) is 81.4 cm³/mol. The van der Waals surface area contributed by atoms with E-state index in [1.165, 1.54) is 6.07 Å². The molecule has 0 aliphatic heterocycles. The van der Waals surface area contributed by atoms with Crippen LogP contribution in [0.15, 0.2) is 24.3 Å². The number of hydrogen-bond acceptors (Lipinski definition) is 12. The molecule has 132 valence electrons. The van der Waals surface area contributed by atoms with Gasteiger partial charge in [-0.3, -0.25) is 0 Å². The van der Waals surface area contributed by atoms with Gasteiger partial charge < -0.3 is 60.3 Å².